The van der Waals surface area contributed by atoms with Crippen LogP contribution in [0.1, 0.15) is 11.1 Å². The summed E-state index contributed by atoms with van der Waals surface area (Å²) in [5.41, 5.74) is 2.17. The number of rotatable bonds is 4. The van der Waals surface area contributed by atoms with Gasteiger partial charge in [0.05, 0.1) is 6.42 Å². The maximum atomic E-state index is 12.1. The van der Waals surface area contributed by atoms with Crippen LogP contribution in [0.25, 0.3) is 0 Å². The summed E-state index contributed by atoms with van der Waals surface area (Å²) in [4.78, 5) is 13.9. The van der Waals surface area contributed by atoms with Crippen LogP contribution in [-0.2, 0) is 17.8 Å². The van der Waals surface area contributed by atoms with Gasteiger partial charge in [0.25, 0.3) is 0 Å². The van der Waals surface area contributed by atoms with Crippen molar-refractivity contribution in [2.75, 3.05) is 7.05 Å². The standard InChI is InChI=1S/C16H16BrNO/c1-18(12-13-6-3-2-4-7-13)16(19)11-14-8-5-9-15(17)10-14/h2-10H,11-12H2,1H3. The minimum Gasteiger partial charge on any atom is -0.341 e. The fourth-order valence-electron chi connectivity index (χ4n) is 1.90. The predicted octanol–water partition coefficient (Wildman–Crippen LogP) is 3.65. The zero-order valence-electron chi connectivity index (χ0n) is 10.8. The van der Waals surface area contributed by atoms with Crippen molar-refractivity contribution in [3.05, 3.63) is 70.2 Å². The Morgan fingerprint density at radius 2 is 1.74 bits per heavy atom. The molecule has 0 spiro atoms. The van der Waals surface area contributed by atoms with Crippen LogP contribution in [-0.4, -0.2) is 17.9 Å². The molecular weight excluding hydrogens is 302 g/mol. The first-order chi connectivity index (χ1) is 9.15. The molecule has 2 aromatic rings. The molecule has 0 bridgehead atoms. The van der Waals surface area contributed by atoms with Crippen molar-refractivity contribution in [3.8, 4) is 0 Å². The van der Waals surface area contributed by atoms with Crippen molar-refractivity contribution in [1.82, 2.24) is 4.90 Å². The topological polar surface area (TPSA) is 20.3 Å². The van der Waals surface area contributed by atoms with E-state index in [2.05, 4.69) is 15.9 Å². The molecular formula is C16H16BrNO. The third-order valence-electron chi connectivity index (χ3n) is 2.93. The minimum atomic E-state index is 0.127. The van der Waals surface area contributed by atoms with Crippen LogP contribution >= 0.6 is 15.9 Å². The first-order valence-electron chi connectivity index (χ1n) is 6.17. The number of carbonyl (C=O) groups is 1. The molecule has 0 aliphatic heterocycles. The number of likely N-dealkylation sites (N-methyl/N-ethyl adjacent to an activating group) is 1. The van der Waals surface area contributed by atoms with Gasteiger partial charge in [-0.05, 0) is 23.3 Å². The number of carbonyl (C=O) groups excluding carboxylic acids is 1. The molecule has 0 radical (unpaired) electrons. The smallest absolute Gasteiger partial charge is 0.227 e. The van der Waals surface area contributed by atoms with E-state index >= 15 is 0 Å². The van der Waals surface area contributed by atoms with Crippen LogP contribution in [0.2, 0.25) is 0 Å². The van der Waals surface area contributed by atoms with Crippen LogP contribution < -0.4 is 0 Å². The summed E-state index contributed by atoms with van der Waals surface area (Å²) in [6.07, 6.45) is 0.433. The average molecular weight is 318 g/mol. The summed E-state index contributed by atoms with van der Waals surface area (Å²) in [6, 6.07) is 17.9. The van der Waals surface area contributed by atoms with E-state index in [0.717, 1.165) is 15.6 Å². The fraction of sp³-hybridized carbons (Fsp3) is 0.188. The Hall–Kier alpha value is -1.61. The van der Waals surface area contributed by atoms with Crippen molar-refractivity contribution >= 4 is 21.8 Å². The Morgan fingerprint density at radius 3 is 2.42 bits per heavy atom. The molecule has 2 aromatic carbocycles. The molecule has 0 heterocycles. The Kier molecular flexibility index (Phi) is 4.74. The van der Waals surface area contributed by atoms with Gasteiger partial charge >= 0.3 is 0 Å². The minimum absolute atomic E-state index is 0.127. The van der Waals surface area contributed by atoms with Crippen molar-refractivity contribution in [1.29, 1.82) is 0 Å². The Morgan fingerprint density at radius 1 is 1.05 bits per heavy atom. The summed E-state index contributed by atoms with van der Waals surface area (Å²) >= 11 is 3.42. The molecule has 0 atom stereocenters. The molecule has 0 fully saturated rings. The predicted molar refractivity (Wildman–Crippen MR) is 80.8 cm³/mol. The van der Waals surface area contributed by atoms with Crippen LogP contribution in [0.4, 0.5) is 0 Å². The maximum Gasteiger partial charge on any atom is 0.227 e. The molecule has 0 aliphatic carbocycles. The van der Waals surface area contributed by atoms with Gasteiger partial charge in [0.15, 0.2) is 0 Å². The summed E-state index contributed by atoms with van der Waals surface area (Å²) in [6.45, 7) is 0.647. The molecule has 98 valence electrons. The highest BCUT2D eigenvalue weighted by atomic mass is 79.9. The summed E-state index contributed by atoms with van der Waals surface area (Å²) in [5, 5.41) is 0. The van der Waals surface area contributed by atoms with Crippen molar-refractivity contribution in [2.24, 2.45) is 0 Å². The number of halogens is 1. The highest BCUT2D eigenvalue weighted by Crippen LogP contribution is 2.13. The van der Waals surface area contributed by atoms with Gasteiger partial charge in [-0.2, -0.15) is 0 Å². The molecule has 19 heavy (non-hydrogen) atoms. The summed E-state index contributed by atoms with van der Waals surface area (Å²) < 4.78 is 1.00. The van der Waals surface area contributed by atoms with E-state index in [1.54, 1.807) is 4.90 Å². The zero-order valence-corrected chi connectivity index (χ0v) is 12.4. The SMILES string of the molecule is CN(Cc1ccccc1)C(=O)Cc1cccc(Br)c1. The Labute approximate surface area is 122 Å². The first kappa shape index (κ1) is 13.8. The van der Waals surface area contributed by atoms with Gasteiger partial charge in [-0.25, -0.2) is 0 Å². The molecule has 1 amide bonds. The van der Waals surface area contributed by atoms with Gasteiger partial charge in [-0.15, -0.1) is 0 Å². The third kappa shape index (κ3) is 4.21. The van der Waals surface area contributed by atoms with E-state index in [1.165, 1.54) is 0 Å². The normalized spacial score (nSPS) is 10.2. The van der Waals surface area contributed by atoms with Crippen molar-refractivity contribution in [3.63, 3.8) is 0 Å². The third-order valence-corrected chi connectivity index (χ3v) is 3.43. The van der Waals surface area contributed by atoms with Gasteiger partial charge in [-0.1, -0.05) is 58.4 Å². The fourth-order valence-corrected chi connectivity index (χ4v) is 2.35. The second-order valence-corrected chi connectivity index (χ2v) is 5.46. The van der Waals surface area contributed by atoms with E-state index in [9.17, 15) is 4.79 Å². The van der Waals surface area contributed by atoms with Gasteiger partial charge in [0.1, 0.15) is 0 Å². The van der Waals surface area contributed by atoms with E-state index in [-0.39, 0.29) is 5.91 Å². The second-order valence-electron chi connectivity index (χ2n) is 4.54. The summed E-state index contributed by atoms with van der Waals surface area (Å²) in [7, 11) is 1.84. The van der Waals surface area contributed by atoms with Gasteiger partial charge < -0.3 is 4.90 Å². The van der Waals surface area contributed by atoms with Crippen LogP contribution in [0.5, 0.6) is 0 Å². The van der Waals surface area contributed by atoms with E-state index < -0.39 is 0 Å². The second kappa shape index (κ2) is 6.53. The van der Waals surface area contributed by atoms with Crippen LogP contribution in [0.3, 0.4) is 0 Å². The van der Waals surface area contributed by atoms with Crippen LogP contribution in [0, 0.1) is 0 Å². The Balaban J connectivity index is 1.96. The highest BCUT2D eigenvalue weighted by molar-refractivity contribution is 9.10. The van der Waals surface area contributed by atoms with Gasteiger partial charge in [0, 0.05) is 18.1 Å². The average Bonchev–Trinajstić information content (AvgIpc) is 2.40. The number of amides is 1. The molecule has 0 saturated heterocycles. The lowest BCUT2D eigenvalue weighted by Crippen LogP contribution is -2.27. The van der Waals surface area contributed by atoms with E-state index in [4.69, 9.17) is 0 Å². The molecule has 2 nitrogen and oxygen atoms in total. The van der Waals surface area contributed by atoms with E-state index in [0.29, 0.717) is 13.0 Å². The number of nitrogens with zero attached hydrogens (tertiary/aromatic N) is 1. The quantitative estimate of drug-likeness (QED) is 0.843. The Bertz CT molecular complexity index is 554. The molecule has 0 N–H and O–H groups in total. The molecule has 2 rings (SSSR count). The zero-order chi connectivity index (χ0) is 13.7. The summed E-state index contributed by atoms with van der Waals surface area (Å²) in [5.74, 6) is 0.127. The highest BCUT2D eigenvalue weighted by Gasteiger charge is 2.10. The lowest BCUT2D eigenvalue weighted by molar-refractivity contribution is -0.129. The first-order valence-corrected chi connectivity index (χ1v) is 6.97. The lowest BCUT2D eigenvalue weighted by Gasteiger charge is -2.17. The maximum absolute atomic E-state index is 12.1. The lowest BCUT2D eigenvalue weighted by atomic mass is 10.1. The molecule has 0 aliphatic rings. The van der Waals surface area contributed by atoms with Crippen LogP contribution in [0.15, 0.2) is 59.1 Å². The number of benzene rings is 2. The van der Waals surface area contributed by atoms with Crippen molar-refractivity contribution < 1.29 is 4.79 Å². The molecule has 0 unspecified atom stereocenters. The van der Waals surface area contributed by atoms with E-state index in [1.807, 2.05) is 61.6 Å². The number of hydrogen-bond acceptors (Lipinski definition) is 1. The van der Waals surface area contributed by atoms with Crippen molar-refractivity contribution in [2.45, 2.75) is 13.0 Å². The van der Waals surface area contributed by atoms with Gasteiger partial charge in [0.2, 0.25) is 5.91 Å². The van der Waals surface area contributed by atoms with Gasteiger partial charge in [-0.3, -0.25) is 4.79 Å². The molecule has 3 heteroatoms. The monoisotopic (exact) mass is 317 g/mol. The number of hydrogen-bond donors (Lipinski definition) is 0. The largest absolute Gasteiger partial charge is 0.341 e. The molecule has 0 aromatic heterocycles. The molecule has 0 saturated carbocycles.